The Hall–Kier alpha value is -1.59. The van der Waals surface area contributed by atoms with Crippen molar-refractivity contribution in [1.29, 1.82) is 0 Å². The minimum atomic E-state index is 0. The van der Waals surface area contributed by atoms with Crippen molar-refractivity contribution in [2.45, 2.75) is 64.7 Å². The molecular formula is C24H43IN8. The third kappa shape index (κ3) is 8.94. The van der Waals surface area contributed by atoms with Gasteiger partial charge < -0.3 is 22.1 Å². The number of guanidine groups is 2. The summed E-state index contributed by atoms with van der Waals surface area (Å²) in [4.78, 5) is 14.0. The van der Waals surface area contributed by atoms with Gasteiger partial charge in [0.25, 0.3) is 0 Å². The molecule has 0 spiro atoms. The topological polar surface area (TPSA) is 107 Å². The highest BCUT2D eigenvalue weighted by molar-refractivity contribution is 14.0. The zero-order valence-corrected chi connectivity index (χ0v) is 22.6. The Kier molecular flexibility index (Phi) is 12.3. The van der Waals surface area contributed by atoms with Crippen molar-refractivity contribution in [1.82, 2.24) is 20.4 Å². The number of rotatable bonds is 10. The standard InChI is InChI=1S/C24H42N8.HI/c1-3-31-12-6-10-21(31)17-29-23(25)27-15-19-8-5-9-20(14-19)16-28-24(26)30-18-22-11-7-13-32(22)4-2;/h5,8-9,14,21-22H,3-4,6-7,10-13,15-18H2,1-2H3,(H3,25,27,29)(H3,26,28,30);1H. The van der Waals surface area contributed by atoms with Crippen LogP contribution in [0.4, 0.5) is 0 Å². The molecule has 3 rings (SSSR count). The average molecular weight is 571 g/mol. The van der Waals surface area contributed by atoms with Gasteiger partial charge >= 0.3 is 0 Å². The van der Waals surface area contributed by atoms with Crippen LogP contribution in [0.5, 0.6) is 0 Å². The Morgan fingerprint density at radius 3 is 1.76 bits per heavy atom. The van der Waals surface area contributed by atoms with Gasteiger partial charge in [-0.05, 0) is 63.0 Å². The van der Waals surface area contributed by atoms with Gasteiger partial charge in [-0.1, -0.05) is 38.1 Å². The van der Waals surface area contributed by atoms with Gasteiger partial charge in [0.05, 0.1) is 13.1 Å². The molecule has 0 aromatic heterocycles. The highest BCUT2D eigenvalue weighted by Crippen LogP contribution is 2.16. The monoisotopic (exact) mass is 570 g/mol. The number of likely N-dealkylation sites (N-methyl/N-ethyl adjacent to an activating group) is 2. The van der Waals surface area contributed by atoms with Gasteiger partial charge in [0.1, 0.15) is 0 Å². The van der Waals surface area contributed by atoms with E-state index in [4.69, 9.17) is 11.5 Å². The molecule has 0 amide bonds. The molecule has 2 aliphatic rings. The molecule has 2 atom stereocenters. The van der Waals surface area contributed by atoms with Crippen molar-refractivity contribution >= 4 is 35.9 Å². The fourth-order valence-electron chi connectivity index (χ4n) is 4.82. The first-order valence-electron chi connectivity index (χ1n) is 12.2. The van der Waals surface area contributed by atoms with Crippen LogP contribution in [0, 0.1) is 0 Å². The lowest BCUT2D eigenvalue weighted by Gasteiger charge is -2.23. The maximum absolute atomic E-state index is 6.10. The van der Waals surface area contributed by atoms with Crippen molar-refractivity contribution in [2.75, 3.05) is 39.3 Å². The molecule has 2 unspecified atom stereocenters. The van der Waals surface area contributed by atoms with Gasteiger partial charge in [0.15, 0.2) is 11.9 Å². The van der Waals surface area contributed by atoms with Gasteiger partial charge in [0, 0.05) is 25.2 Å². The molecule has 8 nitrogen and oxygen atoms in total. The van der Waals surface area contributed by atoms with Gasteiger partial charge in [0.2, 0.25) is 0 Å². The maximum Gasteiger partial charge on any atom is 0.188 e. The SMILES string of the molecule is CCN1CCCC1CNC(N)=NCc1cccc(CN=C(N)NCC2CCCN2CC)c1.I. The van der Waals surface area contributed by atoms with E-state index < -0.39 is 0 Å². The molecule has 2 aliphatic heterocycles. The third-order valence-corrected chi connectivity index (χ3v) is 6.70. The number of nitrogens with one attached hydrogen (secondary N) is 2. The zero-order valence-electron chi connectivity index (χ0n) is 20.3. The minimum absolute atomic E-state index is 0. The molecular weight excluding hydrogens is 527 g/mol. The quantitative estimate of drug-likeness (QED) is 0.195. The number of benzene rings is 1. The van der Waals surface area contributed by atoms with Crippen LogP contribution in [0.1, 0.15) is 50.7 Å². The molecule has 0 aliphatic carbocycles. The molecule has 33 heavy (non-hydrogen) atoms. The molecule has 2 heterocycles. The van der Waals surface area contributed by atoms with Gasteiger partial charge in [-0.25, -0.2) is 9.98 Å². The maximum atomic E-state index is 6.10. The predicted molar refractivity (Wildman–Crippen MR) is 149 cm³/mol. The first kappa shape index (κ1) is 27.7. The van der Waals surface area contributed by atoms with Crippen LogP contribution in [0.3, 0.4) is 0 Å². The Bertz CT molecular complexity index is 709. The summed E-state index contributed by atoms with van der Waals surface area (Å²) >= 11 is 0. The molecule has 0 bridgehead atoms. The van der Waals surface area contributed by atoms with Crippen molar-refractivity contribution in [3.05, 3.63) is 35.4 Å². The number of hydrogen-bond donors (Lipinski definition) is 4. The molecule has 2 fully saturated rings. The third-order valence-electron chi connectivity index (χ3n) is 6.70. The van der Waals surface area contributed by atoms with Crippen molar-refractivity contribution in [2.24, 2.45) is 21.5 Å². The Morgan fingerprint density at radius 1 is 0.879 bits per heavy atom. The van der Waals surface area contributed by atoms with E-state index in [1.54, 1.807) is 0 Å². The first-order chi connectivity index (χ1) is 15.6. The Morgan fingerprint density at radius 2 is 1.33 bits per heavy atom. The summed E-state index contributed by atoms with van der Waals surface area (Å²) in [5, 5.41) is 6.59. The molecule has 1 aromatic carbocycles. The second-order valence-corrected chi connectivity index (χ2v) is 8.83. The number of halogens is 1. The lowest BCUT2D eigenvalue weighted by Crippen LogP contribution is -2.42. The van der Waals surface area contributed by atoms with Crippen molar-refractivity contribution in [3.63, 3.8) is 0 Å². The number of aliphatic imine (C=N–C) groups is 2. The smallest absolute Gasteiger partial charge is 0.188 e. The predicted octanol–water partition coefficient (Wildman–Crippen LogP) is 2.08. The lowest BCUT2D eigenvalue weighted by molar-refractivity contribution is 0.267. The molecule has 6 N–H and O–H groups in total. The molecule has 0 saturated carbocycles. The van der Waals surface area contributed by atoms with E-state index >= 15 is 0 Å². The summed E-state index contributed by atoms with van der Waals surface area (Å²) in [7, 11) is 0. The van der Waals surface area contributed by atoms with Crippen LogP contribution in [0.15, 0.2) is 34.3 Å². The van der Waals surface area contributed by atoms with E-state index in [1.165, 1.54) is 38.8 Å². The summed E-state index contributed by atoms with van der Waals surface area (Å²) in [5.74, 6) is 1.02. The summed E-state index contributed by atoms with van der Waals surface area (Å²) in [5.41, 5.74) is 14.4. The highest BCUT2D eigenvalue weighted by atomic mass is 127. The summed E-state index contributed by atoms with van der Waals surface area (Å²) in [6, 6.07) is 9.43. The molecule has 1 aromatic rings. The summed E-state index contributed by atoms with van der Waals surface area (Å²) < 4.78 is 0. The zero-order chi connectivity index (χ0) is 22.8. The fraction of sp³-hybridized carbons (Fsp3) is 0.667. The molecule has 2 saturated heterocycles. The first-order valence-corrected chi connectivity index (χ1v) is 12.2. The van der Waals surface area contributed by atoms with Crippen molar-refractivity contribution < 1.29 is 0 Å². The van der Waals surface area contributed by atoms with Crippen LogP contribution >= 0.6 is 24.0 Å². The summed E-state index contributed by atoms with van der Waals surface area (Å²) in [6.07, 6.45) is 4.99. The molecule has 0 radical (unpaired) electrons. The fourth-order valence-corrected chi connectivity index (χ4v) is 4.82. The van der Waals surface area contributed by atoms with Crippen molar-refractivity contribution in [3.8, 4) is 0 Å². The van der Waals surface area contributed by atoms with Gasteiger partial charge in [-0.15, -0.1) is 24.0 Å². The highest BCUT2D eigenvalue weighted by Gasteiger charge is 2.23. The normalized spacial score (nSPS) is 22.4. The number of nitrogens with two attached hydrogens (primary N) is 2. The number of hydrogen-bond acceptors (Lipinski definition) is 4. The Balaban J connectivity index is 0.00000385. The largest absolute Gasteiger partial charge is 0.370 e. The van der Waals surface area contributed by atoms with E-state index in [0.29, 0.717) is 37.1 Å². The van der Waals surface area contributed by atoms with Crippen LogP contribution in [-0.4, -0.2) is 73.1 Å². The van der Waals surface area contributed by atoms with Crippen LogP contribution in [0.2, 0.25) is 0 Å². The van der Waals surface area contributed by atoms with Crippen LogP contribution < -0.4 is 22.1 Å². The van der Waals surface area contributed by atoms with Gasteiger partial charge in [-0.2, -0.15) is 0 Å². The van der Waals surface area contributed by atoms with E-state index in [0.717, 1.165) is 37.3 Å². The van der Waals surface area contributed by atoms with Gasteiger partial charge in [-0.3, -0.25) is 9.80 Å². The number of nitrogens with zero attached hydrogens (tertiary/aromatic N) is 4. The van der Waals surface area contributed by atoms with E-state index in [9.17, 15) is 0 Å². The van der Waals surface area contributed by atoms with Crippen LogP contribution in [-0.2, 0) is 13.1 Å². The van der Waals surface area contributed by atoms with E-state index in [2.05, 4.69) is 62.5 Å². The summed E-state index contributed by atoms with van der Waals surface area (Å²) in [6.45, 7) is 11.8. The van der Waals surface area contributed by atoms with Crippen LogP contribution in [0.25, 0.3) is 0 Å². The second kappa shape index (κ2) is 14.6. The second-order valence-electron chi connectivity index (χ2n) is 8.83. The lowest BCUT2D eigenvalue weighted by atomic mass is 10.1. The average Bonchev–Trinajstić information content (AvgIpc) is 3.47. The molecule has 186 valence electrons. The van der Waals surface area contributed by atoms with E-state index in [1.807, 2.05) is 6.07 Å². The molecule has 9 heteroatoms. The number of likely N-dealkylation sites (tertiary alicyclic amines) is 2. The van der Waals surface area contributed by atoms with E-state index in [-0.39, 0.29) is 24.0 Å². The minimum Gasteiger partial charge on any atom is -0.370 e. The Labute approximate surface area is 216 Å².